The van der Waals surface area contributed by atoms with E-state index >= 15 is 0 Å². The predicted octanol–water partition coefficient (Wildman–Crippen LogP) is 0.853. The van der Waals surface area contributed by atoms with Gasteiger partial charge in [-0.05, 0) is 13.8 Å². The lowest BCUT2D eigenvalue weighted by molar-refractivity contribution is 0.171. The minimum absolute atomic E-state index is 0.375. The molecule has 0 spiro atoms. The van der Waals surface area contributed by atoms with Gasteiger partial charge in [0, 0.05) is 38.0 Å². The van der Waals surface area contributed by atoms with E-state index in [2.05, 4.69) is 24.3 Å². The van der Waals surface area contributed by atoms with Gasteiger partial charge in [-0.2, -0.15) is 5.10 Å². The van der Waals surface area contributed by atoms with Crippen molar-refractivity contribution in [2.45, 2.75) is 26.4 Å². The molecule has 0 bridgehead atoms. The van der Waals surface area contributed by atoms with Gasteiger partial charge in [-0.25, -0.2) is 0 Å². The van der Waals surface area contributed by atoms with Crippen LogP contribution in [-0.4, -0.2) is 29.5 Å². The third kappa shape index (κ3) is 2.82. The van der Waals surface area contributed by atoms with Crippen molar-refractivity contribution in [1.29, 1.82) is 0 Å². The first-order valence-electron chi connectivity index (χ1n) is 4.85. The number of ether oxygens (including phenoxy) is 1. The topological polar surface area (TPSA) is 39.1 Å². The first kappa shape index (κ1) is 11.2. The standard InChI is InChI=1S/C10H19N3O/c1-8(7-14-4)11-5-10-6-12-13(3)9(10)2/h6,8,11H,5,7H2,1-4H3/t8-/m0/s1. The van der Waals surface area contributed by atoms with Gasteiger partial charge in [0.15, 0.2) is 0 Å². The maximum atomic E-state index is 5.04. The first-order chi connectivity index (χ1) is 6.65. The highest BCUT2D eigenvalue weighted by Crippen LogP contribution is 2.04. The third-order valence-corrected chi connectivity index (χ3v) is 2.39. The fourth-order valence-electron chi connectivity index (χ4n) is 1.31. The van der Waals surface area contributed by atoms with Gasteiger partial charge in [-0.1, -0.05) is 0 Å². The van der Waals surface area contributed by atoms with Crippen LogP contribution < -0.4 is 5.32 Å². The molecular formula is C10H19N3O. The predicted molar refractivity (Wildman–Crippen MR) is 56.1 cm³/mol. The fraction of sp³-hybridized carbons (Fsp3) is 0.700. The molecule has 1 heterocycles. The molecule has 0 fully saturated rings. The second-order valence-electron chi connectivity index (χ2n) is 3.62. The van der Waals surface area contributed by atoms with Gasteiger partial charge in [0.05, 0.1) is 12.8 Å². The lowest BCUT2D eigenvalue weighted by Gasteiger charge is -2.11. The Bertz CT molecular complexity index is 283. The van der Waals surface area contributed by atoms with Crippen molar-refractivity contribution in [3.63, 3.8) is 0 Å². The Hall–Kier alpha value is -0.870. The van der Waals surface area contributed by atoms with Gasteiger partial charge in [0.2, 0.25) is 0 Å². The normalized spacial score (nSPS) is 13.1. The molecule has 0 aromatic carbocycles. The van der Waals surface area contributed by atoms with Crippen molar-refractivity contribution >= 4 is 0 Å². The maximum Gasteiger partial charge on any atom is 0.0613 e. The number of nitrogens with zero attached hydrogens (tertiary/aromatic N) is 2. The van der Waals surface area contributed by atoms with E-state index in [0.29, 0.717) is 6.04 Å². The third-order valence-electron chi connectivity index (χ3n) is 2.39. The van der Waals surface area contributed by atoms with Crippen LogP contribution in [0.2, 0.25) is 0 Å². The summed E-state index contributed by atoms with van der Waals surface area (Å²) in [7, 11) is 3.67. The highest BCUT2D eigenvalue weighted by Gasteiger charge is 2.05. The largest absolute Gasteiger partial charge is 0.383 e. The van der Waals surface area contributed by atoms with Crippen LogP contribution in [0.15, 0.2) is 6.20 Å². The molecule has 4 heteroatoms. The van der Waals surface area contributed by atoms with E-state index in [-0.39, 0.29) is 0 Å². The van der Waals surface area contributed by atoms with E-state index in [0.717, 1.165) is 13.2 Å². The summed E-state index contributed by atoms with van der Waals surface area (Å²) in [5.41, 5.74) is 2.46. The fourth-order valence-corrected chi connectivity index (χ4v) is 1.31. The van der Waals surface area contributed by atoms with Gasteiger partial charge in [0.1, 0.15) is 0 Å². The summed E-state index contributed by atoms with van der Waals surface area (Å²) in [4.78, 5) is 0. The van der Waals surface area contributed by atoms with Crippen LogP contribution in [0.3, 0.4) is 0 Å². The monoisotopic (exact) mass is 197 g/mol. The van der Waals surface area contributed by atoms with E-state index in [4.69, 9.17) is 4.74 Å². The van der Waals surface area contributed by atoms with Crippen molar-refractivity contribution in [2.24, 2.45) is 7.05 Å². The van der Waals surface area contributed by atoms with Gasteiger partial charge < -0.3 is 10.1 Å². The maximum absolute atomic E-state index is 5.04. The van der Waals surface area contributed by atoms with Crippen LogP contribution in [0.4, 0.5) is 0 Å². The summed E-state index contributed by atoms with van der Waals surface area (Å²) >= 11 is 0. The van der Waals surface area contributed by atoms with E-state index in [1.807, 2.05) is 17.9 Å². The van der Waals surface area contributed by atoms with Gasteiger partial charge in [-0.15, -0.1) is 0 Å². The molecule has 14 heavy (non-hydrogen) atoms. The van der Waals surface area contributed by atoms with Crippen molar-refractivity contribution in [3.8, 4) is 0 Å². The molecule has 0 aliphatic heterocycles. The van der Waals surface area contributed by atoms with E-state index in [9.17, 15) is 0 Å². The van der Waals surface area contributed by atoms with Crippen LogP contribution in [0.1, 0.15) is 18.2 Å². The summed E-state index contributed by atoms with van der Waals surface area (Å²) in [6.45, 7) is 5.77. The SMILES string of the molecule is COC[C@H](C)NCc1cnn(C)c1C. The Kier molecular flexibility index (Phi) is 4.10. The molecule has 1 N–H and O–H groups in total. The van der Waals surface area contributed by atoms with Crippen molar-refractivity contribution in [2.75, 3.05) is 13.7 Å². The quantitative estimate of drug-likeness (QED) is 0.760. The molecular weight excluding hydrogens is 178 g/mol. The molecule has 80 valence electrons. The Morgan fingerprint density at radius 3 is 2.86 bits per heavy atom. The molecule has 0 saturated carbocycles. The van der Waals surface area contributed by atoms with Crippen LogP contribution in [0, 0.1) is 6.92 Å². The minimum atomic E-state index is 0.375. The average Bonchev–Trinajstić information content (AvgIpc) is 2.46. The lowest BCUT2D eigenvalue weighted by atomic mass is 10.2. The van der Waals surface area contributed by atoms with E-state index in [1.165, 1.54) is 11.3 Å². The number of hydrogen-bond donors (Lipinski definition) is 1. The second kappa shape index (κ2) is 5.12. The molecule has 0 aliphatic carbocycles. The molecule has 1 rings (SSSR count). The zero-order valence-corrected chi connectivity index (χ0v) is 9.37. The van der Waals surface area contributed by atoms with Gasteiger partial charge in [0.25, 0.3) is 0 Å². The van der Waals surface area contributed by atoms with E-state index in [1.54, 1.807) is 7.11 Å². The summed E-state index contributed by atoms with van der Waals surface area (Å²) in [6.07, 6.45) is 1.90. The van der Waals surface area contributed by atoms with Crippen LogP contribution in [0.5, 0.6) is 0 Å². The molecule has 0 aliphatic rings. The van der Waals surface area contributed by atoms with E-state index < -0.39 is 0 Å². The number of aryl methyl sites for hydroxylation is 1. The number of hydrogen-bond acceptors (Lipinski definition) is 3. The zero-order chi connectivity index (χ0) is 10.6. The molecule has 0 saturated heterocycles. The Balaban J connectivity index is 2.41. The Labute approximate surface area is 85.3 Å². The van der Waals surface area contributed by atoms with Crippen molar-refractivity contribution < 1.29 is 4.74 Å². The second-order valence-corrected chi connectivity index (χ2v) is 3.62. The average molecular weight is 197 g/mol. The molecule has 1 atom stereocenters. The van der Waals surface area contributed by atoms with Gasteiger partial charge >= 0.3 is 0 Å². The molecule has 0 amide bonds. The van der Waals surface area contributed by atoms with Gasteiger partial charge in [-0.3, -0.25) is 4.68 Å². The number of nitrogens with one attached hydrogen (secondary N) is 1. The zero-order valence-electron chi connectivity index (χ0n) is 9.37. The highest BCUT2D eigenvalue weighted by molar-refractivity contribution is 5.15. The molecule has 0 radical (unpaired) electrons. The van der Waals surface area contributed by atoms with Crippen LogP contribution in [-0.2, 0) is 18.3 Å². The molecule has 1 aromatic rings. The number of aromatic nitrogens is 2. The Morgan fingerprint density at radius 2 is 2.36 bits per heavy atom. The summed E-state index contributed by atoms with van der Waals surface area (Å²) in [5.74, 6) is 0. The smallest absolute Gasteiger partial charge is 0.0613 e. The lowest BCUT2D eigenvalue weighted by Crippen LogP contribution is -2.29. The molecule has 4 nitrogen and oxygen atoms in total. The molecule has 0 unspecified atom stereocenters. The Morgan fingerprint density at radius 1 is 1.64 bits per heavy atom. The summed E-state index contributed by atoms with van der Waals surface area (Å²) < 4.78 is 6.93. The highest BCUT2D eigenvalue weighted by atomic mass is 16.5. The van der Waals surface area contributed by atoms with Crippen molar-refractivity contribution in [1.82, 2.24) is 15.1 Å². The summed E-state index contributed by atoms with van der Waals surface area (Å²) in [5, 5.41) is 7.56. The summed E-state index contributed by atoms with van der Waals surface area (Å²) in [6, 6.07) is 0.375. The van der Waals surface area contributed by atoms with Crippen LogP contribution >= 0.6 is 0 Å². The first-order valence-corrected chi connectivity index (χ1v) is 4.85. The molecule has 1 aromatic heterocycles. The number of rotatable bonds is 5. The number of methoxy groups -OCH3 is 1. The minimum Gasteiger partial charge on any atom is -0.383 e. The van der Waals surface area contributed by atoms with Crippen molar-refractivity contribution in [3.05, 3.63) is 17.5 Å². The van der Waals surface area contributed by atoms with Crippen LogP contribution in [0.25, 0.3) is 0 Å².